The fourth-order valence-corrected chi connectivity index (χ4v) is 9.38. The summed E-state index contributed by atoms with van der Waals surface area (Å²) < 4.78 is 5.47. The van der Waals surface area contributed by atoms with Crippen LogP contribution in [0.15, 0.2) is 60.7 Å². The summed E-state index contributed by atoms with van der Waals surface area (Å²) in [4.78, 5) is 81.3. The molecule has 4 aliphatic carbocycles. The maximum atomic E-state index is 12.2. The summed E-state index contributed by atoms with van der Waals surface area (Å²) in [5.74, 6) is 4.98. The lowest BCUT2D eigenvalue weighted by Crippen LogP contribution is -2.34. The molecule has 2 aromatic heterocycles. The average molecular weight is 1010 g/mol. The van der Waals surface area contributed by atoms with Gasteiger partial charge in [0, 0.05) is 11.8 Å². The van der Waals surface area contributed by atoms with Crippen LogP contribution in [0.3, 0.4) is 0 Å². The predicted molar refractivity (Wildman–Crippen MR) is 254 cm³/mol. The van der Waals surface area contributed by atoms with Gasteiger partial charge in [-0.25, -0.2) is 5.84 Å². The molecule has 0 aliphatic heterocycles. The van der Waals surface area contributed by atoms with Gasteiger partial charge in [-0.3, -0.25) is 14.4 Å². The molecule has 69 heavy (non-hydrogen) atoms. The molecule has 11 N–H and O–H groups in total. The lowest BCUT2D eigenvalue weighted by Gasteiger charge is -2.12. The molecule has 0 amide bonds. The monoisotopic (exact) mass is 1010 g/mol. The maximum Gasteiger partial charge on any atom is 0.373 e. The highest BCUT2D eigenvalue weighted by Gasteiger charge is 2.32. The van der Waals surface area contributed by atoms with E-state index in [4.69, 9.17) is 60.9 Å². The van der Waals surface area contributed by atoms with Crippen LogP contribution in [0.4, 0.5) is 10.3 Å². The van der Waals surface area contributed by atoms with Gasteiger partial charge in [0.05, 0.1) is 17.8 Å². The van der Waals surface area contributed by atoms with Crippen LogP contribution in [0, 0.1) is 23.7 Å². The minimum atomic E-state index is -0.609. The quantitative estimate of drug-likeness (QED) is 0.0473. The average Bonchev–Trinajstić information content (AvgIpc) is 4.20. The first-order valence-corrected chi connectivity index (χ1v) is 23.8. The predicted octanol–water partition coefficient (Wildman–Crippen LogP) is 5.46. The molecule has 4 saturated carbocycles. The minimum absolute atomic E-state index is 0.0185. The molecule has 24 heteroatoms. The van der Waals surface area contributed by atoms with Gasteiger partial charge in [-0.1, -0.05) is 109 Å². The van der Waals surface area contributed by atoms with Crippen molar-refractivity contribution in [3.63, 3.8) is 0 Å². The van der Waals surface area contributed by atoms with Gasteiger partial charge in [0.25, 0.3) is 0 Å². The molecule has 0 saturated heterocycles. The number of nitrogen functional groups attached to an aromatic ring is 2. The number of carboxylic acids is 2. The molecule has 4 aromatic rings. The largest absolute Gasteiger partial charge is 0.481 e. The van der Waals surface area contributed by atoms with E-state index in [-0.39, 0.29) is 47.3 Å². The number of ether oxygens (including phenoxy) is 1. The summed E-state index contributed by atoms with van der Waals surface area (Å²) in [6.07, 6.45) is 16.2. The Bertz CT molecular complexity index is 2090. The number of hydrogen-bond acceptors (Lipinski definition) is 20. The molecular weight excluding hydrogens is 955 g/mol. The van der Waals surface area contributed by atoms with Crippen molar-refractivity contribution in [1.29, 1.82) is 0 Å². The number of hydrazine groups is 1. The van der Waals surface area contributed by atoms with Gasteiger partial charge in [0.15, 0.2) is 5.11 Å². The van der Waals surface area contributed by atoms with Crippen molar-refractivity contribution < 1.29 is 58.1 Å². The Morgan fingerprint density at radius 1 is 0.623 bits per heavy atom. The molecule has 4 aliphatic rings. The summed E-state index contributed by atoms with van der Waals surface area (Å²) in [6, 6.07) is 20.4. The van der Waals surface area contributed by atoms with Crippen LogP contribution in [0.25, 0.3) is 0 Å². The zero-order valence-corrected chi connectivity index (χ0v) is 40.3. The number of nitrogens with two attached hydrogens (primary N) is 4. The first-order valence-electron chi connectivity index (χ1n) is 21.8. The van der Waals surface area contributed by atoms with Crippen molar-refractivity contribution in [2.75, 3.05) is 11.5 Å². The Morgan fingerprint density at radius 3 is 1.35 bits per heavy atom. The van der Waals surface area contributed by atoms with E-state index < -0.39 is 11.9 Å². The number of benzene rings is 2. The van der Waals surface area contributed by atoms with E-state index in [1.165, 1.54) is 28.2 Å². The number of nitrogens with zero attached hydrogens (tertiary/aromatic N) is 4. The van der Waals surface area contributed by atoms with Crippen molar-refractivity contribution in [3.8, 4) is 0 Å². The van der Waals surface area contributed by atoms with E-state index in [1.54, 1.807) is 0 Å². The number of anilines is 2. The number of hydrogen-bond donors (Lipinski definition) is 7. The van der Waals surface area contributed by atoms with Gasteiger partial charge >= 0.3 is 36.4 Å². The Morgan fingerprint density at radius 2 is 1.01 bits per heavy atom. The number of aliphatic carboxylic acids is 2. The van der Waals surface area contributed by atoms with Crippen molar-refractivity contribution in [2.24, 2.45) is 35.2 Å². The number of nitrogens with one attached hydrogen (secondary N) is 1. The zero-order valence-electron chi connectivity index (χ0n) is 37.9. The van der Waals surface area contributed by atoms with Gasteiger partial charge in [0.2, 0.25) is 10.3 Å². The standard InChI is InChI=1S/C20H22O2.C9H12N6S2.2C6H10O2.CH5N3S.3CO2/c21-20(22-15-17-9-5-2-6-10-17)19-12-11-18(14-19)13-16-7-3-1-4-8-16;10-8-14-12-6(16-8)4-1-2-5(3-4)7-13-15-9(11)17-7;2*7-6(8)5-3-1-2-4-5;2-1(5)4-3;3*2-1-3/h1-10,18-19H,11-15H2;4-5H,1-3H2,(H2,10,14)(H2,11,15);2*5H,1-4H2,(H,7,8);3H2,(H3,2,4,5);;;/t18-,19+;4-,5-;;;;;;/m10....../s1. The van der Waals surface area contributed by atoms with Gasteiger partial charge in [-0.2, -0.15) is 28.8 Å². The van der Waals surface area contributed by atoms with Crippen molar-refractivity contribution in [2.45, 2.75) is 115 Å². The van der Waals surface area contributed by atoms with Crippen molar-refractivity contribution in [1.82, 2.24) is 25.8 Å². The van der Waals surface area contributed by atoms with E-state index in [0.29, 0.717) is 34.6 Å². The number of thiocarbonyl (C=S) groups is 1. The third-order valence-electron chi connectivity index (χ3n) is 11.1. The Balaban J connectivity index is 0.000000446. The SMILES string of the molecule is NNC(N)=S.Nc1nnc([C@H]2CC[C@H](c3nnc(N)s3)C2)s1.O=C(O)C1CCCC1.O=C(O)C1CCCC1.O=C(OCc1ccccc1)[C@H]1CC[C@H](Cc2ccccc2)C1.O=C=O.O=C=O.O=C=O. The van der Waals surface area contributed by atoms with Crippen LogP contribution in [-0.4, -0.2) is 72.1 Å². The number of carboxylic acid groups (broad SMARTS) is 2. The molecular formula is C45H59N9O12S3. The maximum absolute atomic E-state index is 12.2. The summed E-state index contributed by atoms with van der Waals surface area (Å²) in [6.45, 7) is 0.388. The highest BCUT2D eigenvalue weighted by Crippen LogP contribution is 2.45. The van der Waals surface area contributed by atoms with E-state index in [2.05, 4.69) is 62.7 Å². The fourth-order valence-electron chi connectivity index (χ4n) is 7.87. The lowest BCUT2D eigenvalue weighted by atomic mass is 9.97. The molecule has 2 heterocycles. The van der Waals surface area contributed by atoms with Crippen molar-refractivity contribution >= 4 is 86.6 Å². The molecule has 2 aromatic carbocycles. The fraction of sp³-hybridized carbons (Fsp3) is 0.489. The third-order valence-corrected chi connectivity index (χ3v) is 13.0. The van der Waals surface area contributed by atoms with Gasteiger partial charge in [-0.05, 0) is 99.9 Å². The Kier molecular flexibility index (Phi) is 31.9. The second-order valence-electron chi connectivity index (χ2n) is 15.7. The molecule has 0 spiro atoms. The number of carbonyl (C=O) groups excluding carboxylic acids is 7. The van der Waals surface area contributed by atoms with Gasteiger partial charge < -0.3 is 37.6 Å². The normalized spacial score (nSPS) is 18.4. The highest BCUT2D eigenvalue weighted by atomic mass is 32.1. The van der Waals surface area contributed by atoms with Crippen LogP contribution >= 0.6 is 34.9 Å². The molecule has 0 unspecified atom stereocenters. The summed E-state index contributed by atoms with van der Waals surface area (Å²) in [5.41, 5.74) is 20.4. The highest BCUT2D eigenvalue weighted by molar-refractivity contribution is 7.80. The molecule has 0 bridgehead atoms. The number of aromatic nitrogens is 4. The van der Waals surface area contributed by atoms with Gasteiger partial charge in [-0.15, -0.1) is 20.4 Å². The van der Waals surface area contributed by atoms with Crippen LogP contribution < -0.4 is 28.5 Å². The number of esters is 1. The van der Waals surface area contributed by atoms with E-state index in [0.717, 1.165) is 112 Å². The van der Waals surface area contributed by atoms with Crippen LogP contribution in [0.2, 0.25) is 0 Å². The zero-order chi connectivity index (χ0) is 51.4. The molecule has 374 valence electrons. The molecule has 4 fully saturated rings. The smallest absolute Gasteiger partial charge is 0.373 e. The van der Waals surface area contributed by atoms with E-state index >= 15 is 0 Å². The lowest BCUT2D eigenvalue weighted by molar-refractivity contribution is -0.193. The topological polar surface area (TPSA) is 371 Å². The summed E-state index contributed by atoms with van der Waals surface area (Å²) >= 11 is 7.21. The Hall–Kier alpha value is -6.64. The summed E-state index contributed by atoms with van der Waals surface area (Å²) in [5, 5.41) is 36.1. The third kappa shape index (κ3) is 26.5. The van der Waals surface area contributed by atoms with E-state index in [9.17, 15) is 14.4 Å². The van der Waals surface area contributed by atoms with E-state index in [1.807, 2.05) is 41.8 Å². The number of rotatable bonds is 9. The molecule has 21 nitrogen and oxygen atoms in total. The second kappa shape index (κ2) is 36.4. The molecule has 4 atom stereocenters. The van der Waals surface area contributed by atoms with Crippen molar-refractivity contribution in [3.05, 3.63) is 81.8 Å². The first-order chi connectivity index (χ1) is 33.2. The first kappa shape index (κ1) is 60.4. The molecule has 8 rings (SSSR count). The number of carbonyl (C=O) groups is 3. The second-order valence-corrected chi connectivity index (χ2v) is 18.2. The van der Waals surface area contributed by atoms with Crippen LogP contribution in [-0.2, 0) is 60.9 Å². The van der Waals surface area contributed by atoms with Crippen LogP contribution in [0.5, 0.6) is 0 Å². The minimum Gasteiger partial charge on any atom is -0.481 e. The van der Waals surface area contributed by atoms with Crippen LogP contribution in [0.1, 0.15) is 123 Å². The molecule has 0 radical (unpaired) electrons. The Labute approximate surface area is 412 Å². The summed E-state index contributed by atoms with van der Waals surface area (Å²) in [7, 11) is 0. The van der Waals surface area contributed by atoms with Gasteiger partial charge in [0.1, 0.15) is 16.6 Å².